The number of benzene rings is 3. The number of fused-ring (bicyclic) bond motifs is 1. The molecule has 0 saturated carbocycles. The molecule has 1 heterocycles. The van der Waals surface area contributed by atoms with Gasteiger partial charge in [-0.1, -0.05) is 30.7 Å². The number of aromatic nitrogens is 3. The molecule has 3 aromatic carbocycles. The maximum atomic E-state index is 12.6. The first-order valence-corrected chi connectivity index (χ1v) is 11.7. The SMILES string of the molecule is CCOc1ccc(C(=O)NC(=S)Nc2cc3nn(-c4ccc(CC)cc4)nc3cc2C)cc1Cl. The van der Waals surface area contributed by atoms with Gasteiger partial charge in [-0.05, 0) is 86.1 Å². The van der Waals surface area contributed by atoms with Gasteiger partial charge in [-0.3, -0.25) is 10.1 Å². The Kier molecular flexibility index (Phi) is 7.09. The lowest BCUT2D eigenvalue weighted by Crippen LogP contribution is -2.34. The van der Waals surface area contributed by atoms with Crippen molar-refractivity contribution in [3.05, 3.63) is 76.3 Å². The summed E-state index contributed by atoms with van der Waals surface area (Å²) in [6.07, 6.45) is 0.977. The smallest absolute Gasteiger partial charge is 0.257 e. The zero-order chi connectivity index (χ0) is 24.2. The van der Waals surface area contributed by atoms with Gasteiger partial charge in [-0.15, -0.1) is 10.2 Å². The standard InChI is InChI=1S/C25H24ClN5O2S/c1-4-16-6-9-18(10-7-16)31-29-21-12-15(3)20(14-22(21)30-31)27-25(34)28-24(32)17-8-11-23(33-5-2)19(26)13-17/h6-14H,4-5H2,1-3H3,(H2,27,28,32,34). The Morgan fingerprint density at radius 3 is 2.41 bits per heavy atom. The monoisotopic (exact) mass is 493 g/mol. The number of rotatable bonds is 6. The fourth-order valence-corrected chi connectivity index (χ4v) is 3.86. The largest absolute Gasteiger partial charge is 0.492 e. The molecule has 4 aromatic rings. The van der Waals surface area contributed by atoms with E-state index in [4.69, 9.17) is 28.6 Å². The van der Waals surface area contributed by atoms with E-state index in [0.29, 0.717) is 28.5 Å². The molecule has 0 aliphatic heterocycles. The van der Waals surface area contributed by atoms with Gasteiger partial charge in [-0.25, -0.2) is 0 Å². The number of thiocarbonyl (C=S) groups is 1. The van der Waals surface area contributed by atoms with Crippen molar-refractivity contribution >= 4 is 51.6 Å². The molecule has 34 heavy (non-hydrogen) atoms. The predicted molar refractivity (Wildman–Crippen MR) is 139 cm³/mol. The van der Waals surface area contributed by atoms with Gasteiger partial charge in [-0.2, -0.15) is 4.80 Å². The molecular formula is C25H24ClN5O2S. The van der Waals surface area contributed by atoms with Crippen molar-refractivity contribution in [2.75, 3.05) is 11.9 Å². The van der Waals surface area contributed by atoms with Crippen LogP contribution in [-0.4, -0.2) is 32.6 Å². The quantitative estimate of drug-likeness (QED) is 0.347. The summed E-state index contributed by atoms with van der Waals surface area (Å²) in [7, 11) is 0. The summed E-state index contributed by atoms with van der Waals surface area (Å²) in [6.45, 7) is 6.41. The molecule has 9 heteroatoms. The number of nitrogens with one attached hydrogen (secondary N) is 2. The Bertz CT molecular complexity index is 1370. The van der Waals surface area contributed by atoms with E-state index in [9.17, 15) is 4.79 Å². The molecule has 0 aliphatic rings. The third-order valence-corrected chi connectivity index (χ3v) is 5.77. The molecule has 0 atom stereocenters. The normalized spacial score (nSPS) is 10.8. The summed E-state index contributed by atoms with van der Waals surface area (Å²) in [6, 6.07) is 16.8. The maximum absolute atomic E-state index is 12.6. The topological polar surface area (TPSA) is 81.1 Å². The van der Waals surface area contributed by atoms with Crippen LogP contribution >= 0.6 is 23.8 Å². The lowest BCUT2D eigenvalue weighted by molar-refractivity contribution is 0.0977. The zero-order valence-electron chi connectivity index (χ0n) is 19.1. The van der Waals surface area contributed by atoms with E-state index in [0.717, 1.165) is 28.9 Å². The summed E-state index contributed by atoms with van der Waals surface area (Å²) in [5.41, 5.74) is 5.64. The fraction of sp³-hybridized carbons (Fsp3) is 0.200. The van der Waals surface area contributed by atoms with Gasteiger partial charge in [0.2, 0.25) is 0 Å². The van der Waals surface area contributed by atoms with Crippen LogP contribution in [0.5, 0.6) is 5.75 Å². The van der Waals surface area contributed by atoms with Gasteiger partial charge in [0.25, 0.3) is 5.91 Å². The lowest BCUT2D eigenvalue weighted by Gasteiger charge is -2.12. The zero-order valence-corrected chi connectivity index (χ0v) is 20.6. The van der Waals surface area contributed by atoms with Gasteiger partial charge >= 0.3 is 0 Å². The first-order chi connectivity index (χ1) is 16.4. The first-order valence-electron chi connectivity index (χ1n) is 10.9. The summed E-state index contributed by atoms with van der Waals surface area (Å²) in [4.78, 5) is 14.2. The van der Waals surface area contributed by atoms with E-state index in [1.807, 2.05) is 38.1 Å². The minimum atomic E-state index is -0.373. The Hall–Kier alpha value is -3.49. The Morgan fingerprint density at radius 2 is 1.76 bits per heavy atom. The molecule has 0 radical (unpaired) electrons. The van der Waals surface area contributed by atoms with Crippen molar-refractivity contribution in [2.24, 2.45) is 0 Å². The summed E-state index contributed by atoms with van der Waals surface area (Å²) in [5, 5.41) is 15.5. The number of carbonyl (C=O) groups excluding carboxylic acids is 1. The molecule has 174 valence electrons. The summed E-state index contributed by atoms with van der Waals surface area (Å²) >= 11 is 11.5. The average molecular weight is 494 g/mol. The first kappa shape index (κ1) is 23.7. The number of aryl methyl sites for hydroxylation is 2. The summed E-state index contributed by atoms with van der Waals surface area (Å²) < 4.78 is 5.41. The van der Waals surface area contributed by atoms with Gasteiger partial charge < -0.3 is 10.1 Å². The van der Waals surface area contributed by atoms with E-state index in [1.165, 1.54) is 5.56 Å². The van der Waals surface area contributed by atoms with Crippen molar-refractivity contribution in [1.82, 2.24) is 20.3 Å². The van der Waals surface area contributed by atoms with Crippen LogP contribution in [0.25, 0.3) is 16.7 Å². The van der Waals surface area contributed by atoms with Crippen LogP contribution in [0, 0.1) is 6.92 Å². The third-order valence-electron chi connectivity index (χ3n) is 5.27. The van der Waals surface area contributed by atoms with E-state index in [1.54, 1.807) is 23.0 Å². The molecule has 4 rings (SSSR count). The molecular weight excluding hydrogens is 470 g/mol. The van der Waals surface area contributed by atoms with E-state index in [2.05, 4.69) is 39.9 Å². The van der Waals surface area contributed by atoms with Crippen LogP contribution in [0.15, 0.2) is 54.6 Å². The van der Waals surface area contributed by atoms with Crippen LogP contribution < -0.4 is 15.4 Å². The highest BCUT2D eigenvalue weighted by Crippen LogP contribution is 2.26. The maximum Gasteiger partial charge on any atom is 0.257 e. The van der Waals surface area contributed by atoms with Gasteiger partial charge in [0, 0.05) is 11.3 Å². The van der Waals surface area contributed by atoms with Crippen molar-refractivity contribution in [2.45, 2.75) is 27.2 Å². The van der Waals surface area contributed by atoms with Crippen LogP contribution in [0.1, 0.15) is 35.3 Å². The van der Waals surface area contributed by atoms with Gasteiger partial charge in [0.05, 0.1) is 17.3 Å². The lowest BCUT2D eigenvalue weighted by atomic mass is 10.2. The van der Waals surface area contributed by atoms with Crippen molar-refractivity contribution in [3.63, 3.8) is 0 Å². The third kappa shape index (κ3) is 5.18. The second-order valence-electron chi connectivity index (χ2n) is 7.65. The number of anilines is 1. The Labute approximate surface area is 208 Å². The molecule has 0 unspecified atom stereocenters. The molecule has 0 spiro atoms. The number of halogens is 1. The number of hydrogen-bond acceptors (Lipinski definition) is 5. The summed E-state index contributed by atoms with van der Waals surface area (Å²) in [5.74, 6) is 0.155. The Morgan fingerprint density at radius 1 is 1.06 bits per heavy atom. The van der Waals surface area contributed by atoms with Gasteiger partial charge in [0.1, 0.15) is 16.8 Å². The fourth-order valence-electron chi connectivity index (χ4n) is 3.43. The van der Waals surface area contributed by atoms with E-state index >= 15 is 0 Å². The molecule has 0 bridgehead atoms. The minimum absolute atomic E-state index is 0.167. The van der Waals surface area contributed by atoms with Crippen LogP contribution in [0.4, 0.5) is 5.69 Å². The second-order valence-corrected chi connectivity index (χ2v) is 8.47. The van der Waals surface area contributed by atoms with Crippen LogP contribution in [-0.2, 0) is 6.42 Å². The van der Waals surface area contributed by atoms with Crippen LogP contribution in [0.3, 0.4) is 0 Å². The number of amides is 1. The van der Waals surface area contributed by atoms with E-state index < -0.39 is 0 Å². The van der Waals surface area contributed by atoms with Crippen LogP contribution in [0.2, 0.25) is 5.02 Å². The molecule has 1 amide bonds. The highest BCUT2D eigenvalue weighted by Gasteiger charge is 2.13. The molecule has 0 fully saturated rings. The average Bonchev–Trinajstić information content (AvgIpc) is 3.23. The number of nitrogens with zero attached hydrogens (tertiary/aromatic N) is 3. The number of ether oxygens (including phenoxy) is 1. The molecule has 7 nitrogen and oxygen atoms in total. The highest BCUT2D eigenvalue weighted by molar-refractivity contribution is 7.80. The molecule has 1 aromatic heterocycles. The minimum Gasteiger partial charge on any atom is -0.492 e. The van der Waals surface area contributed by atoms with Crippen molar-refractivity contribution in [1.29, 1.82) is 0 Å². The number of hydrogen-bond donors (Lipinski definition) is 2. The second kappa shape index (κ2) is 10.2. The van der Waals surface area contributed by atoms with E-state index in [-0.39, 0.29) is 11.0 Å². The predicted octanol–water partition coefficient (Wildman–Crippen LogP) is 5.47. The highest BCUT2D eigenvalue weighted by atomic mass is 35.5. The molecule has 0 aliphatic carbocycles. The molecule has 0 saturated heterocycles. The number of carbonyl (C=O) groups is 1. The molecule has 2 N–H and O–H groups in total. The van der Waals surface area contributed by atoms with Gasteiger partial charge in [0.15, 0.2) is 5.11 Å². The van der Waals surface area contributed by atoms with Crippen molar-refractivity contribution < 1.29 is 9.53 Å². The van der Waals surface area contributed by atoms with Crippen molar-refractivity contribution in [3.8, 4) is 11.4 Å². The Balaban J connectivity index is 1.48.